The minimum atomic E-state index is -0.389. The molecule has 1 aliphatic heterocycles. The summed E-state index contributed by atoms with van der Waals surface area (Å²) in [5, 5.41) is 27.4. The van der Waals surface area contributed by atoms with Crippen LogP contribution in [0.3, 0.4) is 0 Å². The highest BCUT2D eigenvalue weighted by Crippen LogP contribution is 2.43. The number of phenols is 2. The van der Waals surface area contributed by atoms with Gasteiger partial charge in [0.2, 0.25) is 0 Å². The highest BCUT2D eigenvalue weighted by molar-refractivity contribution is 6.02. The second-order valence-electron chi connectivity index (χ2n) is 8.48. The summed E-state index contributed by atoms with van der Waals surface area (Å²) in [7, 11) is 1.53. The lowest BCUT2D eigenvalue weighted by Crippen LogP contribution is -2.35. The van der Waals surface area contributed by atoms with E-state index >= 15 is 0 Å². The van der Waals surface area contributed by atoms with Crippen LogP contribution in [-0.2, 0) is 11.3 Å². The molecule has 8 heteroatoms. The molecule has 33 heavy (non-hydrogen) atoms. The summed E-state index contributed by atoms with van der Waals surface area (Å²) in [6.07, 6.45) is 0. The second-order valence-corrected chi connectivity index (χ2v) is 8.48. The SMILES string of the molecule is CNC(=O)c1noc(-c2cc(C(C)C)c(O)cc2O)c1-c1ccc(CN2CCOCC2)cc1. The zero-order valence-corrected chi connectivity index (χ0v) is 19.1. The summed E-state index contributed by atoms with van der Waals surface area (Å²) < 4.78 is 11.0. The van der Waals surface area contributed by atoms with Crippen LogP contribution >= 0.6 is 0 Å². The molecule has 3 N–H and O–H groups in total. The van der Waals surface area contributed by atoms with E-state index in [0.717, 1.165) is 44.0 Å². The van der Waals surface area contributed by atoms with Crippen molar-refractivity contribution in [1.29, 1.82) is 0 Å². The first kappa shape index (κ1) is 22.8. The summed E-state index contributed by atoms with van der Waals surface area (Å²) in [6.45, 7) is 7.99. The predicted molar refractivity (Wildman–Crippen MR) is 124 cm³/mol. The number of ether oxygens (including phenoxy) is 1. The van der Waals surface area contributed by atoms with Crippen LogP contribution in [0, 0.1) is 0 Å². The van der Waals surface area contributed by atoms with Crippen LogP contribution < -0.4 is 5.32 Å². The van der Waals surface area contributed by atoms with Gasteiger partial charge >= 0.3 is 0 Å². The quantitative estimate of drug-likeness (QED) is 0.524. The average Bonchev–Trinajstić information content (AvgIpc) is 3.24. The Kier molecular flexibility index (Phi) is 6.67. The van der Waals surface area contributed by atoms with Crippen molar-refractivity contribution in [2.45, 2.75) is 26.3 Å². The number of hydrogen-bond donors (Lipinski definition) is 3. The molecule has 0 aliphatic carbocycles. The summed E-state index contributed by atoms with van der Waals surface area (Å²) in [5.41, 5.74) is 3.54. The largest absolute Gasteiger partial charge is 0.508 e. The Morgan fingerprint density at radius 2 is 1.82 bits per heavy atom. The molecule has 0 spiro atoms. The Hall–Kier alpha value is -3.36. The third-order valence-electron chi connectivity index (χ3n) is 5.90. The third kappa shape index (κ3) is 4.72. The van der Waals surface area contributed by atoms with E-state index in [1.165, 1.54) is 13.1 Å². The van der Waals surface area contributed by atoms with Crippen LogP contribution in [0.2, 0.25) is 0 Å². The number of nitrogens with zero attached hydrogens (tertiary/aromatic N) is 2. The molecular weight excluding hydrogens is 422 g/mol. The molecule has 1 amide bonds. The van der Waals surface area contributed by atoms with Crippen molar-refractivity contribution < 1.29 is 24.3 Å². The Labute approximate surface area is 192 Å². The summed E-state index contributed by atoms with van der Waals surface area (Å²) in [5.74, 6) is -0.240. The number of benzene rings is 2. The van der Waals surface area contributed by atoms with Gasteiger partial charge in [0.05, 0.1) is 24.3 Å². The van der Waals surface area contributed by atoms with Gasteiger partial charge in [-0.2, -0.15) is 0 Å². The highest BCUT2D eigenvalue weighted by atomic mass is 16.5. The van der Waals surface area contributed by atoms with Gasteiger partial charge in [0, 0.05) is 32.7 Å². The van der Waals surface area contributed by atoms with Crippen molar-refractivity contribution in [3.63, 3.8) is 0 Å². The average molecular weight is 452 g/mol. The monoisotopic (exact) mass is 451 g/mol. The predicted octanol–water partition coefficient (Wildman–Crippen LogP) is 3.74. The Balaban J connectivity index is 1.76. The molecule has 0 bridgehead atoms. The molecule has 174 valence electrons. The van der Waals surface area contributed by atoms with Gasteiger partial charge in [0.15, 0.2) is 11.5 Å². The number of aromatic hydroxyl groups is 2. The summed E-state index contributed by atoms with van der Waals surface area (Å²) in [4.78, 5) is 14.9. The van der Waals surface area contributed by atoms with Crippen molar-refractivity contribution in [3.05, 3.63) is 53.2 Å². The minimum absolute atomic E-state index is 0.00584. The topological polar surface area (TPSA) is 108 Å². The number of phenolic OH excluding ortho intramolecular Hbond substituents is 2. The van der Waals surface area contributed by atoms with Crippen molar-refractivity contribution in [3.8, 4) is 33.9 Å². The first-order chi connectivity index (χ1) is 15.9. The van der Waals surface area contributed by atoms with Gasteiger partial charge in [0.25, 0.3) is 5.91 Å². The van der Waals surface area contributed by atoms with E-state index in [0.29, 0.717) is 16.7 Å². The van der Waals surface area contributed by atoms with Crippen LogP contribution in [0.15, 0.2) is 40.9 Å². The maximum atomic E-state index is 12.5. The number of aromatic nitrogens is 1. The standard InChI is InChI=1S/C25H29N3O5/c1-15(2)18-12-19(21(30)13-20(18)29)24-22(23(27-33-24)25(31)26-3)17-6-4-16(5-7-17)14-28-8-10-32-11-9-28/h4-7,12-13,15,29-30H,8-11,14H2,1-3H3,(H,26,31). The van der Waals surface area contributed by atoms with E-state index < -0.39 is 0 Å². The lowest BCUT2D eigenvalue weighted by atomic mass is 9.94. The maximum absolute atomic E-state index is 12.5. The zero-order chi connectivity index (χ0) is 23.5. The van der Waals surface area contributed by atoms with Gasteiger partial charge < -0.3 is 24.8 Å². The van der Waals surface area contributed by atoms with Crippen LogP contribution in [-0.4, -0.2) is 59.5 Å². The Morgan fingerprint density at radius 3 is 2.45 bits per heavy atom. The molecule has 2 aromatic carbocycles. The third-order valence-corrected chi connectivity index (χ3v) is 5.90. The lowest BCUT2D eigenvalue weighted by molar-refractivity contribution is 0.0342. The van der Waals surface area contributed by atoms with E-state index in [-0.39, 0.29) is 34.8 Å². The molecule has 0 atom stereocenters. The molecular formula is C25H29N3O5. The number of carbonyl (C=O) groups excluding carboxylic acids is 1. The Morgan fingerprint density at radius 1 is 1.12 bits per heavy atom. The number of nitrogens with one attached hydrogen (secondary N) is 1. The van der Waals surface area contributed by atoms with E-state index in [9.17, 15) is 15.0 Å². The number of morpholine rings is 1. The fraction of sp³-hybridized carbons (Fsp3) is 0.360. The highest BCUT2D eigenvalue weighted by Gasteiger charge is 2.26. The van der Waals surface area contributed by atoms with E-state index in [1.54, 1.807) is 6.07 Å². The normalized spacial score (nSPS) is 14.5. The molecule has 4 rings (SSSR count). The molecule has 3 aromatic rings. The lowest BCUT2D eigenvalue weighted by Gasteiger charge is -2.26. The van der Waals surface area contributed by atoms with Crippen molar-refractivity contribution >= 4 is 5.91 Å². The van der Waals surface area contributed by atoms with Crippen LogP contribution in [0.1, 0.15) is 41.4 Å². The van der Waals surface area contributed by atoms with Gasteiger partial charge in [0.1, 0.15) is 11.5 Å². The molecule has 1 aliphatic rings. The van der Waals surface area contributed by atoms with Crippen molar-refractivity contribution in [2.75, 3.05) is 33.4 Å². The molecule has 8 nitrogen and oxygen atoms in total. The number of hydrogen-bond acceptors (Lipinski definition) is 7. The van der Waals surface area contributed by atoms with Gasteiger partial charge in [-0.05, 0) is 28.7 Å². The maximum Gasteiger partial charge on any atom is 0.273 e. The molecule has 0 saturated carbocycles. The first-order valence-corrected chi connectivity index (χ1v) is 11.1. The fourth-order valence-corrected chi connectivity index (χ4v) is 4.05. The minimum Gasteiger partial charge on any atom is -0.508 e. The molecule has 1 saturated heterocycles. The van der Waals surface area contributed by atoms with Gasteiger partial charge in [-0.25, -0.2) is 0 Å². The van der Waals surface area contributed by atoms with Crippen molar-refractivity contribution in [2.24, 2.45) is 0 Å². The van der Waals surface area contributed by atoms with E-state index in [4.69, 9.17) is 9.26 Å². The van der Waals surface area contributed by atoms with E-state index in [1.807, 2.05) is 38.1 Å². The van der Waals surface area contributed by atoms with Crippen LogP contribution in [0.4, 0.5) is 0 Å². The molecule has 1 fully saturated rings. The number of rotatable bonds is 6. The van der Waals surface area contributed by atoms with Crippen molar-refractivity contribution in [1.82, 2.24) is 15.4 Å². The van der Waals surface area contributed by atoms with Crippen LogP contribution in [0.5, 0.6) is 11.5 Å². The number of carbonyl (C=O) groups is 1. The smallest absolute Gasteiger partial charge is 0.273 e. The van der Waals surface area contributed by atoms with Gasteiger partial charge in [-0.15, -0.1) is 0 Å². The fourth-order valence-electron chi connectivity index (χ4n) is 4.05. The van der Waals surface area contributed by atoms with Crippen LogP contribution in [0.25, 0.3) is 22.5 Å². The van der Waals surface area contributed by atoms with Gasteiger partial charge in [-0.3, -0.25) is 9.69 Å². The number of amides is 1. The van der Waals surface area contributed by atoms with E-state index in [2.05, 4.69) is 15.4 Å². The molecule has 1 aromatic heterocycles. The second kappa shape index (κ2) is 9.64. The molecule has 2 heterocycles. The zero-order valence-electron chi connectivity index (χ0n) is 19.1. The first-order valence-electron chi connectivity index (χ1n) is 11.1. The Bertz CT molecular complexity index is 1130. The molecule has 0 unspecified atom stereocenters. The van der Waals surface area contributed by atoms with Gasteiger partial charge in [-0.1, -0.05) is 43.3 Å². The summed E-state index contributed by atoms with van der Waals surface area (Å²) in [6, 6.07) is 10.9. The molecule has 0 radical (unpaired) electrons. The summed E-state index contributed by atoms with van der Waals surface area (Å²) >= 11 is 0.